The highest BCUT2D eigenvalue weighted by molar-refractivity contribution is 5.73. The molecule has 4 nitrogen and oxygen atoms in total. The maximum Gasteiger partial charge on any atom is 0.309 e. The van der Waals surface area contributed by atoms with E-state index in [4.69, 9.17) is 9.84 Å². The second kappa shape index (κ2) is 12.0. The van der Waals surface area contributed by atoms with Gasteiger partial charge in [0.1, 0.15) is 5.60 Å². The molecule has 0 unspecified atom stereocenters. The Hall–Kier alpha value is -1.84. The SMILES string of the molecule is Cc1ccc(CCCCCCC(C)(C)C(=O)O)cc1CCCCC(C)(C)OC=O. The van der Waals surface area contributed by atoms with Crippen LogP contribution < -0.4 is 0 Å². The Kier molecular flexibility index (Phi) is 10.4. The number of aryl methyl sites for hydroxylation is 3. The number of carboxylic acid groups (broad SMARTS) is 1. The highest BCUT2D eigenvalue weighted by Gasteiger charge is 2.25. The van der Waals surface area contributed by atoms with Gasteiger partial charge in [0.2, 0.25) is 0 Å². The van der Waals surface area contributed by atoms with Crippen LogP contribution in [0.5, 0.6) is 0 Å². The van der Waals surface area contributed by atoms with Crippen molar-refractivity contribution >= 4 is 12.4 Å². The fourth-order valence-electron chi connectivity index (χ4n) is 3.56. The van der Waals surface area contributed by atoms with Gasteiger partial charge in [-0.25, -0.2) is 0 Å². The summed E-state index contributed by atoms with van der Waals surface area (Å²) in [5.41, 5.74) is 3.16. The Bertz CT molecular complexity index is 646. The van der Waals surface area contributed by atoms with E-state index in [1.807, 2.05) is 13.8 Å². The molecule has 0 fully saturated rings. The summed E-state index contributed by atoms with van der Waals surface area (Å²) in [5.74, 6) is -0.704. The highest BCUT2D eigenvalue weighted by atomic mass is 16.5. The number of carboxylic acids is 1. The maximum atomic E-state index is 11.1. The molecule has 0 saturated carbocycles. The molecule has 0 aliphatic rings. The van der Waals surface area contributed by atoms with E-state index in [1.165, 1.54) is 16.7 Å². The predicted molar refractivity (Wildman–Crippen MR) is 118 cm³/mol. The van der Waals surface area contributed by atoms with Gasteiger partial charge in [-0.2, -0.15) is 0 Å². The van der Waals surface area contributed by atoms with Crippen molar-refractivity contribution in [2.24, 2.45) is 5.41 Å². The number of carbonyl (C=O) groups excluding carboxylic acids is 1. The van der Waals surface area contributed by atoms with E-state index in [0.717, 1.165) is 64.2 Å². The van der Waals surface area contributed by atoms with Crippen molar-refractivity contribution in [1.29, 1.82) is 0 Å². The van der Waals surface area contributed by atoms with Gasteiger partial charge in [-0.1, -0.05) is 37.5 Å². The molecule has 164 valence electrons. The van der Waals surface area contributed by atoms with Crippen molar-refractivity contribution in [3.05, 3.63) is 34.9 Å². The molecule has 0 saturated heterocycles. The Labute approximate surface area is 177 Å². The first kappa shape index (κ1) is 25.2. The zero-order valence-corrected chi connectivity index (χ0v) is 19.1. The number of hydrogen-bond donors (Lipinski definition) is 1. The van der Waals surface area contributed by atoms with Crippen LogP contribution in [0.2, 0.25) is 0 Å². The van der Waals surface area contributed by atoms with Crippen molar-refractivity contribution in [3.63, 3.8) is 0 Å². The molecule has 0 aliphatic heterocycles. The Morgan fingerprint density at radius 2 is 1.59 bits per heavy atom. The van der Waals surface area contributed by atoms with Crippen LogP contribution in [0.1, 0.15) is 95.8 Å². The third-order valence-corrected chi connectivity index (χ3v) is 5.85. The second-order valence-corrected chi connectivity index (χ2v) is 9.54. The minimum Gasteiger partial charge on any atom is -0.481 e. The van der Waals surface area contributed by atoms with Crippen LogP contribution in [0.15, 0.2) is 18.2 Å². The second-order valence-electron chi connectivity index (χ2n) is 9.54. The van der Waals surface area contributed by atoms with Gasteiger partial charge < -0.3 is 9.84 Å². The van der Waals surface area contributed by atoms with Crippen LogP contribution in [0.25, 0.3) is 0 Å². The lowest BCUT2D eigenvalue weighted by Crippen LogP contribution is -2.23. The summed E-state index contributed by atoms with van der Waals surface area (Å²) in [5, 5.41) is 9.16. The van der Waals surface area contributed by atoms with Crippen LogP contribution in [0.4, 0.5) is 0 Å². The third kappa shape index (κ3) is 9.96. The van der Waals surface area contributed by atoms with Gasteiger partial charge in [-0.15, -0.1) is 0 Å². The highest BCUT2D eigenvalue weighted by Crippen LogP contribution is 2.24. The van der Waals surface area contributed by atoms with Crippen LogP contribution in [0.3, 0.4) is 0 Å². The van der Waals surface area contributed by atoms with E-state index in [9.17, 15) is 9.59 Å². The monoisotopic (exact) mass is 404 g/mol. The molecule has 0 atom stereocenters. The van der Waals surface area contributed by atoms with E-state index < -0.39 is 11.4 Å². The number of hydrogen-bond acceptors (Lipinski definition) is 3. The number of aliphatic carboxylic acids is 1. The summed E-state index contributed by atoms with van der Waals surface area (Å²) in [6.45, 7) is 10.2. The minimum atomic E-state index is -0.704. The molecule has 0 amide bonds. The third-order valence-electron chi connectivity index (χ3n) is 5.85. The van der Waals surface area contributed by atoms with Crippen molar-refractivity contribution < 1.29 is 19.4 Å². The summed E-state index contributed by atoms with van der Waals surface area (Å²) in [7, 11) is 0. The Balaban J connectivity index is 2.34. The molecule has 0 aliphatic carbocycles. The molecule has 1 N–H and O–H groups in total. The first-order valence-corrected chi connectivity index (χ1v) is 11.0. The molecule has 4 heteroatoms. The molecule has 0 heterocycles. The van der Waals surface area contributed by atoms with Gasteiger partial charge in [-0.05, 0) is 96.3 Å². The van der Waals surface area contributed by atoms with Crippen molar-refractivity contribution in [2.75, 3.05) is 0 Å². The number of carbonyl (C=O) groups is 2. The van der Waals surface area contributed by atoms with Crippen LogP contribution in [0, 0.1) is 12.3 Å². The van der Waals surface area contributed by atoms with E-state index in [1.54, 1.807) is 13.8 Å². The van der Waals surface area contributed by atoms with E-state index in [0.29, 0.717) is 6.47 Å². The lowest BCUT2D eigenvalue weighted by Gasteiger charge is -2.22. The average molecular weight is 405 g/mol. The fraction of sp³-hybridized carbons (Fsp3) is 0.680. The van der Waals surface area contributed by atoms with Crippen LogP contribution in [-0.4, -0.2) is 23.1 Å². The van der Waals surface area contributed by atoms with Gasteiger partial charge >= 0.3 is 5.97 Å². The summed E-state index contributed by atoms with van der Waals surface area (Å²) in [6, 6.07) is 6.79. The molecule has 1 aromatic rings. The molecule has 29 heavy (non-hydrogen) atoms. The van der Waals surface area contributed by atoms with Crippen LogP contribution in [-0.2, 0) is 27.2 Å². The lowest BCUT2D eigenvalue weighted by atomic mass is 9.87. The zero-order valence-electron chi connectivity index (χ0n) is 19.1. The number of rotatable bonds is 15. The van der Waals surface area contributed by atoms with E-state index in [2.05, 4.69) is 25.1 Å². The maximum absolute atomic E-state index is 11.1. The molecule has 1 aromatic carbocycles. The largest absolute Gasteiger partial charge is 0.481 e. The smallest absolute Gasteiger partial charge is 0.309 e. The zero-order chi connectivity index (χ0) is 21.9. The van der Waals surface area contributed by atoms with Crippen LogP contribution >= 0.6 is 0 Å². The quantitative estimate of drug-likeness (QED) is 0.277. The molecular weight excluding hydrogens is 364 g/mol. The lowest BCUT2D eigenvalue weighted by molar-refractivity contribution is -0.147. The predicted octanol–water partition coefficient (Wildman–Crippen LogP) is 6.26. The normalized spacial score (nSPS) is 12.0. The molecular formula is C25H40O4. The van der Waals surface area contributed by atoms with E-state index >= 15 is 0 Å². The molecule has 0 bridgehead atoms. The Morgan fingerprint density at radius 3 is 2.24 bits per heavy atom. The molecule has 1 rings (SSSR count). The molecule has 0 radical (unpaired) electrons. The number of benzene rings is 1. The minimum absolute atomic E-state index is 0.377. The van der Waals surface area contributed by atoms with Gasteiger partial charge in [0.25, 0.3) is 6.47 Å². The van der Waals surface area contributed by atoms with Gasteiger partial charge in [0, 0.05) is 0 Å². The standard InChI is InChI=1S/C25H40O4/c1-20-14-15-21(12-8-6-7-10-16-24(2,3)23(27)28)18-22(20)13-9-11-17-25(4,5)29-19-26/h14-15,18-19H,6-13,16-17H2,1-5H3,(H,27,28). The topological polar surface area (TPSA) is 63.6 Å². The van der Waals surface area contributed by atoms with Gasteiger partial charge in [0.15, 0.2) is 0 Å². The summed E-state index contributed by atoms with van der Waals surface area (Å²) < 4.78 is 5.12. The van der Waals surface area contributed by atoms with Crippen molar-refractivity contribution in [2.45, 2.75) is 104 Å². The molecule has 0 aromatic heterocycles. The first-order chi connectivity index (χ1) is 13.6. The summed E-state index contributed by atoms with van der Waals surface area (Å²) in [6.07, 6.45) is 10.2. The number of unbranched alkanes of at least 4 members (excludes halogenated alkanes) is 4. The average Bonchev–Trinajstić information content (AvgIpc) is 2.63. The van der Waals surface area contributed by atoms with Crippen molar-refractivity contribution in [1.82, 2.24) is 0 Å². The Morgan fingerprint density at radius 1 is 0.966 bits per heavy atom. The van der Waals surface area contributed by atoms with E-state index in [-0.39, 0.29) is 5.60 Å². The number of ether oxygens (including phenoxy) is 1. The fourth-order valence-corrected chi connectivity index (χ4v) is 3.56. The van der Waals surface area contributed by atoms with Gasteiger partial charge in [-0.3, -0.25) is 9.59 Å². The summed E-state index contributed by atoms with van der Waals surface area (Å²) >= 11 is 0. The first-order valence-electron chi connectivity index (χ1n) is 11.0. The summed E-state index contributed by atoms with van der Waals surface area (Å²) in [4.78, 5) is 21.7. The van der Waals surface area contributed by atoms with Gasteiger partial charge in [0.05, 0.1) is 5.41 Å². The molecule has 0 spiro atoms. The van der Waals surface area contributed by atoms with Crippen molar-refractivity contribution in [3.8, 4) is 0 Å².